The molecule has 2 aliphatic rings. The molecule has 1 aliphatic heterocycles. The number of carbonyl (C=O) groups excluding carboxylic acids is 2. The summed E-state index contributed by atoms with van der Waals surface area (Å²) in [4.78, 5) is 27.5. The Bertz CT molecular complexity index is 976. The zero-order chi connectivity index (χ0) is 25.0. The summed E-state index contributed by atoms with van der Waals surface area (Å²) in [5.74, 6) is -1.32. The van der Waals surface area contributed by atoms with Crippen LogP contribution in [0.25, 0.3) is 0 Å². The summed E-state index contributed by atoms with van der Waals surface area (Å²) in [5.41, 5.74) is 0.625. The van der Waals surface area contributed by atoms with Crippen LogP contribution in [0.5, 0.6) is 17.2 Å². The van der Waals surface area contributed by atoms with Crippen molar-refractivity contribution in [2.24, 2.45) is 17.8 Å². The van der Waals surface area contributed by atoms with Crippen molar-refractivity contribution in [2.45, 2.75) is 18.6 Å². The molecule has 34 heavy (non-hydrogen) atoms. The van der Waals surface area contributed by atoms with Crippen molar-refractivity contribution < 1.29 is 38.0 Å². The van der Waals surface area contributed by atoms with Gasteiger partial charge in [0.15, 0.2) is 11.5 Å². The maximum atomic E-state index is 13.1. The van der Waals surface area contributed by atoms with Gasteiger partial charge in [-0.3, -0.25) is 0 Å². The lowest BCUT2D eigenvalue weighted by Gasteiger charge is -2.47. The first-order valence-electron chi connectivity index (χ1n) is 10.8. The highest BCUT2D eigenvalue weighted by Crippen LogP contribution is 2.45. The largest absolute Gasteiger partial charge is 0.493 e. The standard InChI is InChI=1S/C24H30N2O8/c1-26-11-14-9-19(21(31-4)15(10-25)20(14)16(12-26)24(28)33-6)34-23(27)13-7-17(29-2)22(32-5)18(8-13)30-3/h7-8,12,14-15,19-21H,9,11H2,1-6H3/t14-,15+,19-,20+,21-/m1/s1. The molecular weight excluding hydrogens is 444 g/mol. The van der Waals surface area contributed by atoms with Crippen molar-refractivity contribution in [1.29, 1.82) is 5.26 Å². The summed E-state index contributed by atoms with van der Waals surface area (Å²) in [5, 5.41) is 10.0. The topological polar surface area (TPSA) is 117 Å². The van der Waals surface area contributed by atoms with Gasteiger partial charge in [0.1, 0.15) is 12.2 Å². The van der Waals surface area contributed by atoms with Crippen LogP contribution in [0.4, 0.5) is 0 Å². The van der Waals surface area contributed by atoms with Gasteiger partial charge in [-0.05, 0) is 24.5 Å². The zero-order valence-corrected chi connectivity index (χ0v) is 20.2. The third-order valence-electron chi connectivity index (χ3n) is 6.39. The Labute approximate surface area is 198 Å². The molecule has 0 amide bonds. The number of hydrogen-bond acceptors (Lipinski definition) is 10. The van der Waals surface area contributed by atoms with Crippen molar-refractivity contribution in [3.05, 3.63) is 29.5 Å². The van der Waals surface area contributed by atoms with E-state index in [1.54, 1.807) is 6.20 Å². The smallest absolute Gasteiger partial charge is 0.338 e. The van der Waals surface area contributed by atoms with E-state index in [1.807, 2.05) is 11.9 Å². The lowest BCUT2D eigenvalue weighted by Crippen LogP contribution is -2.53. The normalized spacial score (nSPS) is 25.9. The predicted molar refractivity (Wildman–Crippen MR) is 120 cm³/mol. The van der Waals surface area contributed by atoms with Crippen LogP contribution < -0.4 is 14.2 Å². The van der Waals surface area contributed by atoms with Gasteiger partial charge in [0.25, 0.3) is 0 Å². The van der Waals surface area contributed by atoms with Crippen molar-refractivity contribution in [3.8, 4) is 23.3 Å². The first-order chi connectivity index (χ1) is 16.3. The second-order valence-electron chi connectivity index (χ2n) is 8.25. The van der Waals surface area contributed by atoms with Crippen molar-refractivity contribution in [3.63, 3.8) is 0 Å². The van der Waals surface area contributed by atoms with Crippen LogP contribution in [-0.4, -0.2) is 78.2 Å². The molecule has 5 atom stereocenters. The highest BCUT2D eigenvalue weighted by molar-refractivity contribution is 5.91. The molecule has 1 aromatic rings. The number of ether oxygens (including phenoxy) is 6. The fourth-order valence-electron chi connectivity index (χ4n) is 4.97. The summed E-state index contributed by atoms with van der Waals surface area (Å²) in [6.45, 7) is 0.595. The second-order valence-corrected chi connectivity index (χ2v) is 8.25. The van der Waals surface area contributed by atoms with Crippen LogP contribution in [0.1, 0.15) is 16.8 Å². The molecule has 0 bridgehead atoms. The van der Waals surface area contributed by atoms with E-state index in [1.165, 1.54) is 47.7 Å². The van der Waals surface area contributed by atoms with Crippen LogP contribution in [0.3, 0.4) is 0 Å². The highest BCUT2D eigenvalue weighted by atomic mass is 16.6. The molecule has 10 heteroatoms. The fraction of sp³-hybridized carbons (Fsp3) is 0.542. The molecule has 1 saturated carbocycles. The molecule has 10 nitrogen and oxygen atoms in total. The number of benzene rings is 1. The van der Waals surface area contributed by atoms with Crippen molar-refractivity contribution >= 4 is 11.9 Å². The van der Waals surface area contributed by atoms with E-state index in [4.69, 9.17) is 28.4 Å². The van der Waals surface area contributed by atoms with Crippen molar-refractivity contribution in [1.82, 2.24) is 4.90 Å². The maximum Gasteiger partial charge on any atom is 0.338 e. The Balaban J connectivity index is 1.92. The highest BCUT2D eigenvalue weighted by Gasteiger charge is 2.51. The molecule has 3 rings (SSSR count). The molecule has 184 valence electrons. The third kappa shape index (κ3) is 4.61. The number of hydrogen-bond donors (Lipinski definition) is 0. The predicted octanol–water partition coefficient (Wildman–Crippen LogP) is 2.03. The quantitative estimate of drug-likeness (QED) is 0.543. The molecular formula is C24H30N2O8. The monoisotopic (exact) mass is 474 g/mol. The Morgan fingerprint density at radius 3 is 2.18 bits per heavy atom. The van der Waals surface area contributed by atoms with Crippen LogP contribution in [-0.2, 0) is 19.0 Å². The Morgan fingerprint density at radius 2 is 1.68 bits per heavy atom. The fourth-order valence-corrected chi connectivity index (χ4v) is 4.97. The van der Waals surface area contributed by atoms with Crippen LogP contribution >= 0.6 is 0 Å². The SMILES string of the molecule is COC(=O)C1=CN(C)C[C@H]2C[C@@H](OC(=O)c3cc(OC)c(OC)c(OC)c3)[C@H](OC)[C@@H](C#N)[C@@H]12. The van der Waals surface area contributed by atoms with E-state index >= 15 is 0 Å². The first-order valence-corrected chi connectivity index (χ1v) is 10.8. The Morgan fingerprint density at radius 1 is 1.03 bits per heavy atom. The number of nitriles is 1. The van der Waals surface area contributed by atoms with Crippen molar-refractivity contribution in [2.75, 3.05) is 49.1 Å². The van der Waals surface area contributed by atoms with E-state index < -0.39 is 36.0 Å². The molecule has 0 unspecified atom stereocenters. The minimum atomic E-state index is -0.728. The molecule has 1 fully saturated rings. The zero-order valence-electron chi connectivity index (χ0n) is 20.2. The summed E-state index contributed by atoms with van der Waals surface area (Å²) in [6, 6.07) is 5.29. The van der Waals surface area contributed by atoms with Crippen LogP contribution in [0.15, 0.2) is 23.9 Å². The van der Waals surface area contributed by atoms with E-state index in [2.05, 4.69) is 6.07 Å². The van der Waals surface area contributed by atoms with E-state index in [0.29, 0.717) is 35.8 Å². The van der Waals surface area contributed by atoms with E-state index in [9.17, 15) is 14.9 Å². The molecule has 0 radical (unpaired) electrons. The van der Waals surface area contributed by atoms with Gasteiger partial charge in [-0.2, -0.15) is 5.26 Å². The van der Waals surface area contributed by atoms with Crippen LogP contribution in [0, 0.1) is 29.1 Å². The van der Waals surface area contributed by atoms with Gasteiger partial charge >= 0.3 is 11.9 Å². The summed E-state index contributed by atoms with van der Waals surface area (Å²) in [7, 11) is 9.01. The van der Waals surface area contributed by atoms with Gasteiger partial charge < -0.3 is 33.3 Å². The molecule has 0 saturated heterocycles. The number of rotatable bonds is 7. The molecule has 0 N–H and O–H groups in total. The number of fused-ring (bicyclic) bond motifs is 1. The number of nitrogens with zero attached hydrogens (tertiary/aromatic N) is 2. The minimum absolute atomic E-state index is 0.113. The average Bonchev–Trinajstić information content (AvgIpc) is 2.85. The van der Waals surface area contributed by atoms with Gasteiger partial charge in [0.05, 0.1) is 51.6 Å². The first kappa shape index (κ1) is 25.2. The molecule has 0 spiro atoms. The van der Waals surface area contributed by atoms with E-state index in [0.717, 1.165) is 0 Å². The summed E-state index contributed by atoms with van der Waals surface area (Å²) < 4.78 is 32.4. The Kier molecular flexibility index (Phi) is 7.89. The average molecular weight is 475 g/mol. The second kappa shape index (κ2) is 10.7. The van der Waals surface area contributed by atoms with Gasteiger partial charge in [-0.15, -0.1) is 0 Å². The lowest BCUT2D eigenvalue weighted by atomic mass is 9.65. The molecule has 0 aromatic heterocycles. The van der Waals surface area contributed by atoms with Crippen LogP contribution in [0.2, 0.25) is 0 Å². The van der Waals surface area contributed by atoms with Gasteiger partial charge in [0.2, 0.25) is 5.75 Å². The van der Waals surface area contributed by atoms with Gasteiger partial charge in [-0.25, -0.2) is 9.59 Å². The molecule has 1 aliphatic carbocycles. The minimum Gasteiger partial charge on any atom is -0.493 e. The van der Waals surface area contributed by atoms with Gasteiger partial charge in [-0.1, -0.05) is 0 Å². The van der Waals surface area contributed by atoms with Gasteiger partial charge in [0, 0.05) is 32.8 Å². The van der Waals surface area contributed by atoms with E-state index in [-0.39, 0.29) is 11.5 Å². The Hall–Kier alpha value is -3.45. The number of methoxy groups -OCH3 is 5. The third-order valence-corrected chi connectivity index (χ3v) is 6.39. The molecule has 1 aromatic carbocycles. The summed E-state index contributed by atoms with van der Waals surface area (Å²) >= 11 is 0. The number of esters is 2. The number of carbonyl (C=O) groups is 2. The molecule has 1 heterocycles. The summed E-state index contributed by atoms with van der Waals surface area (Å²) in [6.07, 6.45) is 0.698. The maximum absolute atomic E-state index is 13.1. The lowest BCUT2D eigenvalue weighted by molar-refractivity contribution is -0.140.